The van der Waals surface area contributed by atoms with E-state index in [0.29, 0.717) is 30.2 Å². The summed E-state index contributed by atoms with van der Waals surface area (Å²) in [5, 5.41) is 5.88. The molecule has 0 bridgehead atoms. The van der Waals surface area contributed by atoms with Crippen molar-refractivity contribution in [1.29, 1.82) is 0 Å². The highest BCUT2D eigenvalue weighted by atomic mass is 19.1. The molecule has 0 atom stereocenters. The molecule has 0 saturated carbocycles. The van der Waals surface area contributed by atoms with Crippen molar-refractivity contribution in [2.45, 2.75) is 19.9 Å². The summed E-state index contributed by atoms with van der Waals surface area (Å²) < 4.78 is 19.0. The van der Waals surface area contributed by atoms with E-state index in [2.05, 4.69) is 15.6 Å². The van der Waals surface area contributed by atoms with Crippen molar-refractivity contribution < 1.29 is 13.9 Å². The van der Waals surface area contributed by atoms with Gasteiger partial charge in [-0.15, -0.1) is 0 Å². The molecule has 0 aliphatic carbocycles. The van der Waals surface area contributed by atoms with Crippen LogP contribution in [0.5, 0.6) is 5.75 Å². The molecule has 2 N–H and O–H groups in total. The van der Waals surface area contributed by atoms with E-state index in [9.17, 15) is 9.18 Å². The summed E-state index contributed by atoms with van der Waals surface area (Å²) in [5.74, 6) is 1.01. The number of ether oxygens (including phenoxy) is 1. The Morgan fingerprint density at radius 1 is 1.07 bits per heavy atom. The van der Waals surface area contributed by atoms with Crippen LogP contribution in [0.2, 0.25) is 0 Å². The second-order valence-electron chi connectivity index (χ2n) is 6.18. The van der Waals surface area contributed by atoms with Gasteiger partial charge in [0.05, 0.1) is 24.9 Å². The Morgan fingerprint density at radius 2 is 1.86 bits per heavy atom. The average Bonchev–Trinajstić information content (AvgIpc) is 2.70. The molecule has 0 fully saturated rings. The van der Waals surface area contributed by atoms with E-state index < -0.39 is 0 Å². The van der Waals surface area contributed by atoms with Crippen LogP contribution in [0.15, 0.2) is 66.9 Å². The number of benzene rings is 2. The number of aromatic nitrogens is 1. The fraction of sp³-hybridized carbons (Fsp3) is 0.182. The van der Waals surface area contributed by atoms with Crippen molar-refractivity contribution in [3.63, 3.8) is 0 Å². The first-order valence-electron chi connectivity index (χ1n) is 9.09. The van der Waals surface area contributed by atoms with Gasteiger partial charge in [0.2, 0.25) is 5.91 Å². The van der Waals surface area contributed by atoms with Crippen LogP contribution in [0.4, 0.5) is 15.9 Å². The summed E-state index contributed by atoms with van der Waals surface area (Å²) in [6.45, 7) is 2.87. The van der Waals surface area contributed by atoms with Crippen LogP contribution in [-0.4, -0.2) is 17.5 Å². The van der Waals surface area contributed by atoms with Crippen LogP contribution >= 0.6 is 0 Å². The molecular weight excluding hydrogens is 357 g/mol. The molecular formula is C22H22FN3O2. The minimum absolute atomic E-state index is 0.127. The quantitative estimate of drug-likeness (QED) is 0.608. The lowest BCUT2D eigenvalue weighted by Gasteiger charge is -2.09. The summed E-state index contributed by atoms with van der Waals surface area (Å²) in [6.07, 6.45) is 1.83. The third-order valence-electron chi connectivity index (χ3n) is 4.06. The normalized spacial score (nSPS) is 10.4. The summed E-state index contributed by atoms with van der Waals surface area (Å²) in [4.78, 5) is 16.4. The Morgan fingerprint density at radius 3 is 2.54 bits per heavy atom. The summed E-state index contributed by atoms with van der Waals surface area (Å²) in [5.41, 5.74) is 2.07. The van der Waals surface area contributed by atoms with Crippen molar-refractivity contribution in [1.82, 2.24) is 4.98 Å². The summed E-state index contributed by atoms with van der Waals surface area (Å²) in [7, 11) is 0. The van der Waals surface area contributed by atoms with Crippen molar-refractivity contribution >= 4 is 17.4 Å². The molecule has 1 aromatic heterocycles. The highest BCUT2D eigenvalue weighted by Gasteiger charge is 2.06. The van der Waals surface area contributed by atoms with Gasteiger partial charge in [-0.25, -0.2) is 9.37 Å². The van der Waals surface area contributed by atoms with E-state index in [1.165, 1.54) is 6.07 Å². The molecule has 28 heavy (non-hydrogen) atoms. The van der Waals surface area contributed by atoms with E-state index in [-0.39, 0.29) is 18.1 Å². The standard InChI is InChI=1S/C22H22FN3O2/c1-2-28-19-10-7-16(8-11-19)13-22(27)26-18-9-12-21(25-15-18)24-14-17-5-3-4-6-20(17)23/h3-12,15H,2,13-14H2,1H3,(H,24,25)(H,26,27). The predicted octanol–water partition coefficient (Wildman–Crippen LogP) is 4.41. The maximum Gasteiger partial charge on any atom is 0.228 e. The zero-order valence-electron chi connectivity index (χ0n) is 15.6. The van der Waals surface area contributed by atoms with Gasteiger partial charge in [-0.3, -0.25) is 4.79 Å². The first-order chi connectivity index (χ1) is 13.6. The fourth-order valence-electron chi connectivity index (χ4n) is 2.66. The van der Waals surface area contributed by atoms with E-state index in [1.807, 2.05) is 31.2 Å². The van der Waals surface area contributed by atoms with Crippen molar-refractivity contribution in [3.05, 3.63) is 83.8 Å². The number of carbonyl (C=O) groups excluding carboxylic acids is 1. The molecule has 0 radical (unpaired) electrons. The second kappa shape index (κ2) is 9.50. The van der Waals surface area contributed by atoms with Gasteiger partial charge in [-0.1, -0.05) is 30.3 Å². The Kier molecular flexibility index (Phi) is 6.57. The highest BCUT2D eigenvalue weighted by Crippen LogP contribution is 2.15. The monoisotopic (exact) mass is 379 g/mol. The molecule has 0 aliphatic rings. The molecule has 1 amide bonds. The van der Waals surface area contributed by atoms with Gasteiger partial charge in [-0.05, 0) is 42.8 Å². The number of pyridine rings is 1. The molecule has 2 aromatic carbocycles. The Hall–Kier alpha value is -3.41. The number of nitrogens with one attached hydrogen (secondary N) is 2. The molecule has 0 aliphatic heterocycles. The van der Waals surface area contributed by atoms with Crippen LogP contribution in [0, 0.1) is 5.82 Å². The van der Waals surface area contributed by atoms with Gasteiger partial charge in [0.1, 0.15) is 17.4 Å². The number of halogens is 1. The zero-order valence-corrected chi connectivity index (χ0v) is 15.6. The van der Waals surface area contributed by atoms with E-state index >= 15 is 0 Å². The molecule has 144 valence electrons. The molecule has 1 heterocycles. The molecule has 5 nitrogen and oxygen atoms in total. The van der Waals surface area contributed by atoms with E-state index in [4.69, 9.17) is 4.74 Å². The lowest BCUT2D eigenvalue weighted by molar-refractivity contribution is -0.115. The SMILES string of the molecule is CCOc1ccc(CC(=O)Nc2ccc(NCc3ccccc3F)nc2)cc1. The highest BCUT2D eigenvalue weighted by molar-refractivity contribution is 5.92. The third kappa shape index (κ3) is 5.54. The minimum Gasteiger partial charge on any atom is -0.494 e. The number of carbonyl (C=O) groups is 1. The van der Waals surface area contributed by atoms with Gasteiger partial charge >= 0.3 is 0 Å². The van der Waals surface area contributed by atoms with Crippen LogP contribution in [0.25, 0.3) is 0 Å². The van der Waals surface area contributed by atoms with Crippen molar-refractivity contribution in [2.24, 2.45) is 0 Å². The largest absolute Gasteiger partial charge is 0.494 e. The Bertz CT molecular complexity index is 912. The first kappa shape index (κ1) is 19.4. The lowest BCUT2D eigenvalue weighted by Crippen LogP contribution is -2.14. The molecule has 3 aromatic rings. The number of hydrogen-bond acceptors (Lipinski definition) is 4. The van der Waals surface area contributed by atoms with E-state index in [1.54, 1.807) is 36.5 Å². The molecule has 0 saturated heterocycles. The van der Waals surface area contributed by atoms with Crippen LogP contribution in [0.1, 0.15) is 18.1 Å². The number of anilines is 2. The first-order valence-corrected chi connectivity index (χ1v) is 9.09. The lowest BCUT2D eigenvalue weighted by atomic mass is 10.1. The topological polar surface area (TPSA) is 63.2 Å². The number of amides is 1. The van der Waals surface area contributed by atoms with Crippen LogP contribution < -0.4 is 15.4 Å². The van der Waals surface area contributed by atoms with Gasteiger partial charge < -0.3 is 15.4 Å². The fourth-order valence-corrected chi connectivity index (χ4v) is 2.66. The Balaban J connectivity index is 1.50. The summed E-state index contributed by atoms with van der Waals surface area (Å²) >= 11 is 0. The van der Waals surface area contributed by atoms with Crippen molar-refractivity contribution in [2.75, 3.05) is 17.2 Å². The van der Waals surface area contributed by atoms with Crippen molar-refractivity contribution in [3.8, 4) is 5.75 Å². The number of rotatable bonds is 8. The minimum atomic E-state index is -0.256. The van der Waals surface area contributed by atoms with Gasteiger partial charge in [0, 0.05) is 12.1 Å². The Labute approximate surface area is 163 Å². The van der Waals surface area contributed by atoms with Gasteiger partial charge in [0.15, 0.2) is 0 Å². The third-order valence-corrected chi connectivity index (χ3v) is 4.06. The molecule has 0 unspecified atom stereocenters. The van der Waals surface area contributed by atoms with Crippen LogP contribution in [-0.2, 0) is 17.8 Å². The number of hydrogen-bond donors (Lipinski definition) is 2. The predicted molar refractivity (Wildman–Crippen MR) is 108 cm³/mol. The van der Waals surface area contributed by atoms with Crippen LogP contribution in [0.3, 0.4) is 0 Å². The molecule has 0 spiro atoms. The molecule has 3 rings (SSSR count). The second-order valence-corrected chi connectivity index (χ2v) is 6.18. The maximum atomic E-state index is 13.6. The van der Waals surface area contributed by atoms with E-state index in [0.717, 1.165) is 11.3 Å². The van der Waals surface area contributed by atoms with Gasteiger partial charge in [0.25, 0.3) is 0 Å². The molecule has 6 heteroatoms. The number of nitrogens with zero attached hydrogens (tertiary/aromatic N) is 1. The maximum absolute atomic E-state index is 13.6. The zero-order chi connectivity index (χ0) is 19.8. The smallest absolute Gasteiger partial charge is 0.228 e. The van der Waals surface area contributed by atoms with Gasteiger partial charge in [-0.2, -0.15) is 0 Å². The average molecular weight is 379 g/mol. The summed E-state index contributed by atoms with van der Waals surface area (Å²) in [6, 6.07) is 17.5.